The number of rotatable bonds is 5. The number of hydrogen-bond acceptors (Lipinski definition) is 4. The molecule has 1 atom stereocenters. The van der Waals surface area contributed by atoms with Gasteiger partial charge in [-0.25, -0.2) is 0 Å². The third kappa shape index (κ3) is 4.17. The molecule has 2 amide bonds. The molecule has 3 aromatic rings. The average Bonchev–Trinajstić information content (AvgIpc) is 3.45. The molecule has 178 valence electrons. The zero-order valence-electron chi connectivity index (χ0n) is 19.9. The van der Waals surface area contributed by atoms with Crippen molar-refractivity contribution in [3.63, 3.8) is 0 Å². The van der Waals surface area contributed by atoms with Crippen molar-refractivity contribution in [3.8, 4) is 10.6 Å². The predicted octanol–water partition coefficient (Wildman–Crippen LogP) is 5.43. The molecule has 0 saturated heterocycles. The largest absolute Gasteiger partial charge is 0.351 e. The van der Waals surface area contributed by atoms with E-state index in [0.29, 0.717) is 12.2 Å². The Hall–Kier alpha value is -2.93. The van der Waals surface area contributed by atoms with Crippen LogP contribution in [0.5, 0.6) is 0 Å². The van der Waals surface area contributed by atoms with Crippen molar-refractivity contribution in [1.29, 1.82) is 0 Å². The number of fused-ring (bicyclic) bond motifs is 1. The van der Waals surface area contributed by atoms with Crippen LogP contribution in [-0.4, -0.2) is 33.2 Å². The van der Waals surface area contributed by atoms with E-state index in [4.69, 9.17) is 5.10 Å². The molecular formula is C27H32N4O2S. The Morgan fingerprint density at radius 3 is 2.53 bits per heavy atom. The summed E-state index contributed by atoms with van der Waals surface area (Å²) in [6, 6.07) is 14.0. The normalized spacial score (nSPS) is 21.2. The van der Waals surface area contributed by atoms with Crippen molar-refractivity contribution >= 4 is 28.8 Å². The summed E-state index contributed by atoms with van der Waals surface area (Å²) in [6.07, 6.45) is 7.63. The van der Waals surface area contributed by atoms with Crippen LogP contribution in [0.2, 0.25) is 0 Å². The molecule has 2 aromatic heterocycles. The van der Waals surface area contributed by atoms with E-state index in [1.165, 1.54) is 18.4 Å². The van der Waals surface area contributed by atoms with E-state index in [-0.39, 0.29) is 17.9 Å². The van der Waals surface area contributed by atoms with Crippen molar-refractivity contribution in [2.24, 2.45) is 0 Å². The highest BCUT2D eigenvalue weighted by Gasteiger charge is 2.49. The second-order valence-electron chi connectivity index (χ2n) is 9.65. The van der Waals surface area contributed by atoms with Crippen molar-refractivity contribution in [2.75, 3.05) is 4.90 Å². The lowest BCUT2D eigenvalue weighted by Crippen LogP contribution is -2.65. The molecule has 34 heavy (non-hydrogen) atoms. The summed E-state index contributed by atoms with van der Waals surface area (Å²) in [5, 5.41) is 10.0. The molecule has 1 fully saturated rings. The van der Waals surface area contributed by atoms with Gasteiger partial charge in [0.15, 0.2) is 0 Å². The summed E-state index contributed by atoms with van der Waals surface area (Å²) in [5.41, 5.74) is 2.15. The smallest absolute Gasteiger partial charge is 0.277 e. The fraction of sp³-hybridized carbons (Fsp3) is 0.444. The summed E-state index contributed by atoms with van der Waals surface area (Å²) in [7, 11) is 0. The van der Waals surface area contributed by atoms with Crippen LogP contribution in [0.3, 0.4) is 0 Å². The van der Waals surface area contributed by atoms with Gasteiger partial charge < -0.3 is 5.32 Å². The van der Waals surface area contributed by atoms with Gasteiger partial charge in [0.1, 0.15) is 16.9 Å². The second kappa shape index (κ2) is 9.37. The number of thiophene rings is 1. The zero-order valence-corrected chi connectivity index (χ0v) is 20.7. The number of nitrogens with one attached hydrogen (secondary N) is 1. The number of benzene rings is 1. The minimum Gasteiger partial charge on any atom is -0.351 e. The third-order valence-electron chi connectivity index (χ3n) is 7.21. The van der Waals surface area contributed by atoms with Crippen molar-refractivity contribution < 1.29 is 9.59 Å². The van der Waals surface area contributed by atoms with Crippen LogP contribution >= 0.6 is 11.3 Å². The van der Waals surface area contributed by atoms with E-state index in [9.17, 15) is 9.59 Å². The summed E-state index contributed by atoms with van der Waals surface area (Å²) in [6.45, 7) is 4.30. The highest BCUT2D eigenvalue weighted by molar-refractivity contribution is 7.13. The molecule has 6 nitrogen and oxygen atoms in total. The maximum Gasteiger partial charge on any atom is 0.277 e. The van der Waals surface area contributed by atoms with Gasteiger partial charge in [0, 0.05) is 11.7 Å². The molecule has 0 spiro atoms. The van der Waals surface area contributed by atoms with Gasteiger partial charge in [0.05, 0.1) is 11.4 Å². The first-order valence-electron chi connectivity index (χ1n) is 12.4. The third-order valence-corrected chi connectivity index (χ3v) is 8.10. The number of hydrogen-bond donors (Lipinski definition) is 1. The van der Waals surface area contributed by atoms with Crippen LogP contribution in [0, 0.1) is 0 Å². The molecular weight excluding hydrogens is 444 g/mol. The molecule has 1 N–H and O–H groups in total. The summed E-state index contributed by atoms with van der Waals surface area (Å²) < 4.78 is 1.72. The Labute approximate surface area is 205 Å². The minimum absolute atomic E-state index is 0.105. The zero-order chi connectivity index (χ0) is 23.7. The minimum atomic E-state index is -1.08. The van der Waals surface area contributed by atoms with Gasteiger partial charge in [-0.05, 0) is 61.4 Å². The highest BCUT2D eigenvalue weighted by Crippen LogP contribution is 2.35. The number of nitrogens with zero attached hydrogens (tertiary/aromatic N) is 3. The van der Waals surface area contributed by atoms with Crippen LogP contribution in [0.25, 0.3) is 10.6 Å². The topological polar surface area (TPSA) is 67.2 Å². The Kier molecular flexibility index (Phi) is 6.30. The van der Waals surface area contributed by atoms with E-state index in [1.54, 1.807) is 20.9 Å². The van der Waals surface area contributed by atoms with Gasteiger partial charge in [-0.2, -0.15) is 5.10 Å². The van der Waals surface area contributed by atoms with Gasteiger partial charge in [-0.15, -0.1) is 11.3 Å². The first kappa shape index (κ1) is 22.8. The number of aryl methyl sites for hydroxylation is 1. The molecule has 0 bridgehead atoms. The number of amides is 2. The predicted molar refractivity (Wildman–Crippen MR) is 136 cm³/mol. The molecule has 2 aliphatic rings. The van der Waals surface area contributed by atoms with Gasteiger partial charge in [0.25, 0.3) is 5.91 Å². The first-order valence-corrected chi connectivity index (χ1v) is 13.2. The Balaban J connectivity index is 1.53. The summed E-state index contributed by atoms with van der Waals surface area (Å²) in [4.78, 5) is 30.5. The van der Waals surface area contributed by atoms with E-state index in [2.05, 4.69) is 12.2 Å². The van der Waals surface area contributed by atoms with E-state index < -0.39 is 5.54 Å². The summed E-state index contributed by atoms with van der Waals surface area (Å²) >= 11 is 1.59. The number of carbonyl (C=O) groups excluding carboxylic acids is 2. The lowest BCUT2D eigenvalue weighted by Gasteiger charge is -2.43. The summed E-state index contributed by atoms with van der Waals surface area (Å²) in [5.74, 6) is -0.296. The van der Waals surface area contributed by atoms with Crippen molar-refractivity contribution in [2.45, 2.75) is 76.9 Å². The SMILES string of the molecule is CCc1ccc(N2C(=O)c3cc(-c4cccs4)nn3CC2(C)C(=O)NC2CCCCCC2)cc1. The van der Waals surface area contributed by atoms with Crippen LogP contribution in [0.4, 0.5) is 5.69 Å². The quantitative estimate of drug-likeness (QED) is 0.499. The van der Waals surface area contributed by atoms with Crippen molar-refractivity contribution in [1.82, 2.24) is 15.1 Å². The van der Waals surface area contributed by atoms with E-state index in [1.807, 2.05) is 54.8 Å². The Morgan fingerprint density at radius 1 is 1.15 bits per heavy atom. The van der Waals surface area contributed by atoms with Crippen LogP contribution in [-0.2, 0) is 17.8 Å². The molecule has 1 saturated carbocycles. The molecule has 1 unspecified atom stereocenters. The lowest BCUT2D eigenvalue weighted by molar-refractivity contribution is -0.127. The van der Waals surface area contributed by atoms with Gasteiger partial charge in [-0.1, -0.05) is 50.8 Å². The van der Waals surface area contributed by atoms with E-state index in [0.717, 1.165) is 48.4 Å². The number of anilines is 1. The standard InChI is InChI=1S/C27H32N4O2S/c1-3-19-12-14-21(15-13-19)31-25(32)23-17-22(24-11-8-16-34-24)29-30(23)18-27(31,2)26(33)28-20-9-6-4-5-7-10-20/h8,11-17,20H,3-7,9-10,18H2,1-2H3,(H,28,33). The molecule has 5 rings (SSSR count). The van der Waals surface area contributed by atoms with Crippen LogP contribution in [0.15, 0.2) is 47.8 Å². The fourth-order valence-corrected chi connectivity index (χ4v) is 5.86. The van der Waals surface area contributed by atoms with Gasteiger partial charge >= 0.3 is 0 Å². The molecule has 1 aromatic carbocycles. The second-order valence-corrected chi connectivity index (χ2v) is 10.6. The Bertz CT molecular complexity index is 1160. The maximum absolute atomic E-state index is 13.9. The first-order chi connectivity index (χ1) is 16.5. The lowest BCUT2D eigenvalue weighted by atomic mass is 9.93. The van der Waals surface area contributed by atoms with Crippen molar-refractivity contribution in [3.05, 3.63) is 59.1 Å². The molecule has 3 heterocycles. The van der Waals surface area contributed by atoms with Gasteiger partial charge in [-0.3, -0.25) is 19.2 Å². The van der Waals surface area contributed by atoms with E-state index >= 15 is 0 Å². The van der Waals surface area contributed by atoms with Crippen LogP contribution in [0.1, 0.15) is 68.4 Å². The highest BCUT2D eigenvalue weighted by atomic mass is 32.1. The molecule has 1 aliphatic carbocycles. The average molecular weight is 477 g/mol. The number of carbonyl (C=O) groups is 2. The Morgan fingerprint density at radius 2 is 1.88 bits per heavy atom. The molecule has 1 aliphatic heterocycles. The number of aromatic nitrogens is 2. The van der Waals surface area contributed by atoms with Gasteiger partial charge in [0.2, 0.25) is 5.91 Å². The monoisotopic (exact) mass is 476 g/mol. The fourth-order valence-electron chi connectivity index (χ4n) is 5.18. The molecule has 7 heteroatoms. The molecule has 0 radical (unpaired) electrons. The van der Waals surface area contributed by atoms with Crippen LogP contribution < -0.4 is 10.2 Å². The maximum atomic E-state index is 13.9.